The number of hydrogen-bond donors (Lipinski definition) is 1. The SMILES string of the molecule is O=C(O)c1cc(F)ccc1-c1cncnc1. The summed E-state index contributed by atoms with van der Waals surface area (Å²) in [5.41, 5.74) is 0.837. The number of nitrogens with zero attached hydrogens (tertiary/aromatic N) is 2. The van der Waals surface area contributed by atoms with Crippen molar-refractivity contribution in [3.8, 4) is 11.1 Å². The molecule has 0 fully saturated rings. The van der Waals surface area contributed by atoms with Crippen LogP contribution in [-0.2, 0) is 0 Å². The molecule has 0 aliphatic heterocycles. The van der Waals surface area contributed by atoms with Crippen molar-refractivity contribution in [2.24, 2.45) is 0 Å². The van der Waals surface area contributed by atoms with Crippen LogP contribution in [0.4, 0.5) is 4.39 Å². The molecule has 0 saturated heterocycles. The lowest BCUT2D eigenvalue weighted by molar-refractivity contribution is 0.0697. The molecule has 1 N–H and O–H groups in total. The van der Waals surface area contributed by atoms with E-state index >= 15 is 0 Å². The summed E-state index contributed by atoms with van der Waals surface area (Å²) >= 11 is 0. The molecule has 1 heterocycles. The minimum Gasteiger partial charge on any atom is -0.478 e. The van der Waals surface area contributed by atoms with Gasteiger partial charge in [-0.15, -0.1) is 0 Å². The molecule has 0 aliphatic carbocycles. The lowest BCUT2D eigenvalue weighted by Crippen LogP contribution is -2.00. The van der Waals surface area contributed by atoms with Crippen molar-refractivity contribution in [2.45, 2.75) is 0 Å². The molecule has 0 bridgehead atoms. The number of rotatable bonds is 2. The summed E-state index contributed by atoms with van der Waals surface area (Å²) in [5.74, 6) is -1.77. The molecule has 2 aromatic rings. The average Bonchev–Trinajstić information content (AvgIpc) is 2.30. The molecule has 2 rings (SSSR count). The number of benzene rings is 1. The topological polar surface area (TPSA) is 63.1 Å². The van der Waals surface area contributed by atoms with Crippen molar-refractivity contribution >= 4 is 5.97 Å². The summed E-state index contributed by atoms with van der Waals surface area (Å²) in [4.78, 5) is 18.5. The maximum absolute atomic E-state index is 12.9. The van der Waals surface area contributed by atoms with E-state index in [2.05, 4.69) is 9.97 Å². The van der Waals surface area contributed by atoms with Gasteiger partial charge in [0.05, 0.1) is 5.56 Å². The molecule has 80 valence electrons. The summed E-state index contributed by atoms with van der Waals surface area (Å²) < 4.78 is 12.9. The molecular weight excluding hydrogens is 211 g/mol. The third kappa shape index (κ3) is 1.88. The fourth-order valence-corrected chi connectivity index (χ4v) is 1.38. The van der Waals surface area contributed by atoms with E-state index in [1.165, 1.54) is 30.9 Å². The lowest BCUT2D eigenvalue weighted by Gasteiger charge is -2.04. The van der Waals surface area contributed by atoms with Gasteiger partial charge in [0.2, 0.25) is 0 Å². The molecule has 4 nitrogen and oxygen atoms in total. The zero-order valence-electron chi connectivity index (χ0n) is 8.09. The van der Waals surface area contributed by atoms with Gasteiger partial charge in [0, 0.05) is 18.0 Å². The van der Waals surface area contributed by atoms with E-state index in [9.17, 15) is 9.18 Å². The minimum atomic E-state index is -1.18. The van der Waals surface area contributed by atoms with Gasteiger partial charge in [0.1, 0.15) is 12.1 Å². The summed E-state index contributed by atoms with van der Waals surface area (Å²) in [5, 5.41) is 8.94. The Bertz CT molecular complexity index is 529. The van der Waals surface area contributed by atoms with Gasteiger partial charge >= 0.3 is 5.97 Å². The molecule has 0 saturated carbocycles. The Morgan fingerprint density at radius 2 is 1.94 bits per heavy atom. The van der Waals surface area contributed by atoms with E-state index in [1.54, 1.807) is 0 Å². The number of hydrogen-bond acceptors (Lipinski definition) is 3. The summed E-state index contributed by atoms with van der Waals surface area (Å²) in [6, 6.07) is 3.58. The van der Waals surface area contributed by atoms with Gasteiger partial charge in [-0.2, -0.15) is 0 Å². The third-order valence-corrected chi connectivity index (χ3v) is 2.08. The first-order valence-electron chi connectivity index (χ1n) is 4.46. The normalized spacial score (nSPS) is 10.1. The van der Waals surface area contributed by atoms with Crippen molar-refractivity contribution in [3.05, 3.63) is 48.3 Å². The van der Waals surface area contributed by atoms with E-state index in [0.29, 0.717) is 11.1 Å². The number of carbonyl (C=O) groups is 1. The number of carboxylic acid groups (broad SMARTS) is 1. The highest BCUT2D eigenvalue weighted by Gasteiger charge is 2.12. The molecule has 1 aromatic heterocycles. The number of aromatic carboxylic acids is 1. The zero-order chi connectivity index (χ0) is 11.5. The average molecular weight is 218 g/mol. The molecule has 16 heavy (non-hydrogen) atoms. The third-order valence-electron chi connectivity index (χ3n) is 2.08. The van der Waals surface area contributed by atoms with Crippen LogP contribution in [0.1, 0.15) is 10.4 Å². The van der Waals surface area contributed by atoms with Crippen LogP contribution in [0.5, 0.6) is 0 Å². The Morgan fingerprint density at radius 3 is 2.56 bits per heavy atom. The Morgan fingerprint density at radius 1 is 1.25 bits per heavy atom. The second-order valence-electron chi connectivity index (χ2n) is 3.12. The Balaban J connectivity index is 2.61. The predicted molar refractivity (Wildman–Crippen MR) is 54.4 cm³/mol. The lowest BCUT2D eigenvalue weighted by atomic mass is 10.0. The number of carboxylic acids is 1. The monoisotopic (exact) mass is 218 g/mol. The van der Waals surface area contributed by atoms with E-state index in [1.807, 2.05) is 0 Å². The van der Waals surface area contributed by atoms with E-state index < -0.39 is 11.8 Å². The van der Waals surface area contributed by atoms with Gasteiger partial charge in [-0.25, -0.2) is 19.2 Å². The van der Waals surface area contributed by atoms with Crippen molar-refractivity contribution in [3.63, 3.8) is 0 Å². The molecule has 0 spiro atoms. The second kappa shape index (κ2) is 4.06. The molecule has 0 amide bonds. The van der Waals surface area contributed by atoms with Gasteiger partial charge < -0.3 is 5.11 Å². The number of aromatic nitrogens is 2. The summed E-state index contributed by atoms with van der Waals surface area (Å²) in [6.07, 6.45) is 4.30. The van der Waals surface area contributed by atoms with E-state index in [4.69, 9.17) is 5.11 Å². The minimum absolute atomic E-state index is 0.102. The van der Waals surface area contributed by atoms with E-state index in [0.717, 1.165) is 6.07 Å². The quantitative estimate of drug-likeness (QED) is 0.837. The van der Waals surface area contributed by atoms with Crippen LogP contribution >= 0.6 is 0 Å². The van der Waals surface area contributed by atoms with Crippen LogP contribution in [0, 0.1) is 5.82 Å². The molecule has 1 aromatic carbocycles. The standard InChI is InChI=1S/C11H7FN2O2/c12-8-1-2-9(10(3-8)11(15)16)7-4-13-6-14-5-7/h1-6H,(H,15,16). The van der Waals surface area contributed by atoms with Gasteiger partial charge in [-0.3, -0.25) is 0 Å². The van der Waals surface area contributed by atoms with Crippen LogP contribution in [0.2, 0.25) is 0 Å². The highest BCUT2D eigenvalue weighted by Crippen LogP contribution is 2.23. The molecule has 0 aliphatic rings. The van der Waals surface area contributed by atoms with Gasteiger partial charge in [0.25, 0.3) is 0 Å². The fourth-order valence-electron chi connectivity index (χ4n) is 1.38. The van der Waals surface area contributed by atoms with Crippen LogP contribution in [0.25, 0.3) is 11.1 Å². The van der Waals surface area contributed by atoms with E-state index in [-0.39, 0.29) is 5.56 Å². The Labute approximate surface area is 90.4 Å². The fraction of sp³-hybridized carbons (Fsp3) is 0. The first-order valence-corrected chi connectivity index (χ1v) is 4.46. The maximum Gasteiger partial charge on any atom is 0.336 e. The molecule has 0 radical (unpaired) electrons. The first kappa shape index (κ1) is 10.2. The van der Waals surface area contributed by atoms with Crippen molar-refractivity contribution in [2.75, 3.05) is 0 Å². The highest BCUT2D eigenvalue weighted by molar-refractivity contribution is 5.95. The molecule has 0 unspecified atom stereocenters. The van der Waals surface area contributed by atoms with Gasteiger partial charge in [-0.1, -0.05) is 6.07 Å². The second-order valence-corrected chi connectivity index (χ2v) is 3.12. The number of halogens is 1. The van der Waals surface area contributed by atoms with Gasteiger partial charge in [-0.05, 0) is 17.7 Å². The van der Waals surface area contributed by atoms with Crippen LogP contribution < -0.4 is 0 Å². The van der Waals surface area contributed by atoms with Crippen LogP contribution in [0.15, 0.2) is 36.9 Å². The molecule has 5 heteroatoms. The Kier molecular flexibility index (Phi) is 2.59. The smallest absolute Gasteiger partial charge is 0.336 e. The Hall–Kier alpha value is -2.30. The van der Waals surface area contributed by atoms with Crippen LogP contribution in [-0.4, -0.2) is 21.0 Å². The largest absolute Gasteiger partial charge is 0.478 e. The predicted octanol–water partition coefficient (Wildman–Crippen LogP) is 1.98. The van der Waals surface area contributed by atoms with Gasteiger partial charge in [0.15, 0.2) is 0 Å². The summed E-state index contributed by atoms with van der Waals surface area (Å²) in [6.45, 7) is 0. The van der Waals surface area contributed by atoms with Crippen molar-refractivity contribution < 1.29 is 14.3 Å². The van der Waals surface area contributed by atoms with Crippen molar-refractivity contribution in [1.29, 1.82) is 0 Å². The van der Waals surface area contributed by atoms with Crippen molar-refractivity contribution in [1.82, 2.24) is 9.97 Å². The highest BCUT2D eigenvalue weighted by atomic mass is 19.1. The summed E-state index contributed by atoms with van der Waals surface area (Å²) in [7, 11) is 0. The van der Waals surface area contributed by atoms with Crippen LogP contribution in [0.3, 0.4) is 0 Å². The first-order chi connectivity index (χ1) is 7.68. The molecular formula is C11H7FN2O2. The zero-order valence-corrected chi connectivity index (χ0v) is 8.09. The molecule has 0 atom stereocenters. The maximum atomic E-state index is 12.9.